The number of nitrogens with one attached hydrogen (secondary N) is 1. The van der Waals surface area contributed by atoms with Crippen LogP contribution in [0.4, 0.5) is 5.69 Å². The highest BCUT2D eigenvalue weighted by molar-refractivity contribution is 9.12. The van der Waals surface area contributed by atoms with Crippen molar-refractivity contribution in [2.45, 2.75) is 4.90 Å². The number of hydrogen-bond donors (Lipinski definition) is 2. The predicted octanol–water partition coefficient (Wildman–Crippen LogP) is 3.41. The highest BCUT2D eigenvalue weighted by atomic mass is 79.9. The molecule has 1 aromatic heterocycles. The van der Waals surface area contributed by atoms with E-state index in [0.29, 0.717) is 28.4 Å². The summed E-state index contributed by atoms with van der Waals surface area (Å²) in [6, 6.07) is 8.27. The lowest BCUT2D eigenvalue weighted by Gasteiger charge is -2.09. The van der Waals surface area contributed by atoms with E-state index >= 15 is 0 Å². The molecule has 0 amide bonds. The summed E-state index contributed by atoms with van der Waals surface area (Å²) in [5, 5.41) is 0. The Morgan fingerprint density at radius 3 is 2.67 bits per heavy atom. The van der Waals surface area contributed by atoms with Crippen molar-refractivity contribution < 1.29 is 13.2 Å². The summed E-state index contributed by atoms with van der Waals surface area (Å²) in [4.78, 5) is 0.188. The molecule has 114 valence electrons. The SMILES string of the molecule is NCCOc1cccc(NS(=O)(=O)c2cc(Br)sc2Br)c1. The highest BCUT2D eigenvalue weighted by Crippen LogP contribution is 2.35. The predicted molar refractivity (Wildman–Crippen MR) is 91.5 cm³/mol. The van der Waals surface area contributed by atoms with Crippen LogP contribution in [0.25, 0.3) is 0 Å². The lowest BCUT2D eigenvalue weighted by Crippen LogP contribution is -2.13. The Bertz CT molecular complexity index is 732. The second-order valence-electron chi connectivity index (χ2n) is 3.96. The first kappa shape index (κ1) is 16.8. The van der Waals surface area contributed by atoms with E-state index in [4.69, 9.17) is 10.5 Å². The lowest BCUT2D eigenvalue weighted by atomic mass is 10.3. The molecule has 0 aliphatic carbocycles. The van der Waals surface area contributed by atoms with E-state index in [1.807, 2.05) is 0 Å². The van der Waals surface area contributed by atoms with Crippen molar-refractivity contribution in [1.29, 1.82) is 0 Å². The maximum Gasteiger partial charge on any atom is 0.263 e. The maximum absolute atomic E-state index is 12.3. The molecule has 0 aliphatic heterocycles. The molecule has 21 heavy (non-hydrogen) atoms. The van der Waals surface area contributed by atoms with Crippen molar-refractivity contribution in [2.75, 3.05) is 17.9 Å². The molecule has 0 bridgehead atoms. The molecule has 0 aliphatic rings. The van der Waals surface area contributed by atoms with Crippen molar-refractivity contribution in [2.24, 2.45) is 5.73 Å². The summed E-state index contributed by atoms with van der Waals surface area (Å²) < 4.78 is 33.9. The van der Waals surface area contributed by atoms with Crippen LogP contribution in [-0.4, -0.2) is 21.6 Å². The molecular formula is C12H12Br2N2O3S2. The first-order chi connectivity index (χ1) is 9.92. The summed E-state index contributed by atoms with van der Waals surface area (Å²) in [5.74, 6) is 0.561. The van der Waals surface area contributed by atoms with Crippen LogP contribution in [0.2, 0.25) is 0 Å². The third-order valence-electron chi connectivity index (χ3n) is 2.39. The Morgan fingerprint density at radius 1 is 1.29 bits per heavy atom. The van der Waals surface area contributed by atoms with Gasteiger partial charge in [-0.25, -0.2) is 8.42 Å². The zero-order valence-electron chi connectivity index (χ0n) is 10.7. The fourth-order valence-corrected chi connectivity index (χ4v) is 6.41. The molecule has 9 heteroatoms. The van der Waals surface area contributed by atoms with Gasteiger partial charge >= 0.3 is 0 Å². The summed E-state index contributed by atoms with van der Waals surface area (Å²) in [5.41, 5.74) is 5.80. The Hall–Kier alpha value is -0.610. The van der Waals surface area contributed by atoms with Gasteiger partial charge in [0, 0.05) is 12.6 Å². The molecule has 0 fully saturated rings. The van der Waals surface area contributed by atoms with Gasteiger partial charge in [0.1, 0.15) is 17.3 Å². The molecule has 3 N–H and O–H groups in total. The Balaban J connectivity index is 2.22. The van der Waals surface area contributed by atoms with Gasteiger partial charge in [0.05, 0.1) is 13.3 Å². The van der Waals surface area contributed by atoms with E-state index in [-0.39, 0.29) is 4.90 Å². The van der Waals surface area contributed by atoms with Crippen molar-refractivity contribution in [1.82, 2.24) is 0 Å². The number of halogens is 2. The van der Waals surface area contributed by atoms with Crippen LogP contribution in [0, 0.1) is 0 Å². The molecule has 0 saturated carbocycles. The van der Waals surface area contributed by atoms with Crippen molar-refractivity contribution in [3.05, 3.63) is 37.9 Å². The number of ether oxygens (including phenoxy) is 1. The van der Waals surface area contributed by atoms with Gasteiger partial charge in [0.15, 0.2) is 0 Å². The fraction of sp³-hybridized carbons (Fsp3) is 0.167. The number of nitrogens with two attached hydrogens (primary N) is 1. The number of benzene rings is 1. The summed E-state index contributed by atoms with van der Waals surface area (Å²) in [7, 11) is -3.66. The minimum atomic E-state index is -3.66. The molecule has 2 rings (SSSR count). The molecule has 0 spiro atoms. The van der Waals surface area contributed by atoms with E-state index < -0.39 is 10.0 Å². The molecular weight excluding hydrogens is 444 g/mol. The summed E-state index contributed by atoms with van der Waals surface area (Å²) >= 11 is 7.81. The van der Waals surface area contributed by atoms with E-state index in [9.17, 15) is 8.42 Å². The topological polar surface area (TPSA) is 81.4 Å². The number of rotatable bonds is 6. The Labute approximate surface area is 143 Å². The normalized spacial score (nSPS) is 11.4. The van der Waals surface area contributed by atoms with Crippen LogP contribution in [0.15, 0.2) is 42.8 Å². The molecule has 0 atom stereocenters. The average Bonchev–Trinajstić information content (AvgIpc) is 2.76. The molecule has 0 saturated heterocycles. The third kappa shape index (κ3) is 4.43. The average molecular weight is 456 g/mol. The maximum atomic E-state index is 12.3. The Morgan fingerprint density at radius 2 is 2.05 bits per heavy atom. The molecule has 0 unspecified atom stereocenters. The second kappa shape index (κ2) is 7.10. The minimum Gasteiger partial charge on any atom is -0.492 e. The van der Waals surface area contributed by atoms with Crippen molar-refractivity contribution in [3.8, 4) is 5.75 Å². The van der Waals surface area contributed by atoms with Gasteiger partial charge < -0.3 is 10.5 Å². The fourth-order valence-electron chi connectivity index (χ4n) is 1.54. The minimum absolute atomic E-state index is 0.188. The van der Waals surface area contributed by atoms with E-state index in [1.165, 1.54) is 11.3 Å². The molecule has 1 aromatic carbocycles. The first-order valence-electron chi connectivity index (χ1n) is 5.83. The van der Waals surface area contributed by atoms with Crippen LogP contribution >= 0.6 is 43.2 Å². The Kier molecular flexibility index (Phi) is 5.67. The van der Waals surface area contributed by atoms with Crippen LogP contribution in [0.1, 0.15) is 0 Å². The largest absolute Gasteiger partial charge is 0.492 e. The molecule has 1 heterocycles. The van der Waals surface area contributed by atoms with Gasteiger partial charge in [-0.3, -0.25) is 4.72 Å². The van der Waals surface area contributed by atoms with Crippen LogP contribution in [0.3, 0.4) is 0 Å². The smallest absolute Gasteiger partial charge is 0.263 e. The van der Waals surface area contributed by atoms with Gasteiger partial charge in [-0.15, -0.1) is 11.3 Å². The summed E-state index contributed by atoms with van der Waals surface area (Å²) in [6.07, 6.45) is 0. The number of hydrogen-bond acceptors (Lipinski definition) is 5. The highest BCUT2D eigenvalue weighted by Gasteiger charge is 2.20. The molecule has 0 radical (unpaired) electrons. The standard InChI is InChI=1S/C12H12Br2N2O3S2/c13-11-7-10(12(14)20-11)21(17,18)16-8-2-1-3-9(6-8)19-5-4-15/h1-3,6-7,16H,4-5,15H2. The third-order valence-corrected chi connectivity index (χ3v) is 6.52. The van der Waals surface area contributed by atoms with Gasteiger partial charge in [-0.2, -0.15) is 0 Å². The second-order valence-corrected chi connectivity index (χ2v) is 9.36. The van der Waals surface area contributed by atoms with Gasteiger partial charge in [-0.1, -0.05) is 6.07 Å². The van der Waals surface area contributed by atoms with Crippen LogP contribution in [0.5, 0.6) is 5.75 Å². The zero-order valence-corrected chi connectivity index (χ0v) is 15.5. The summed E-state index contributed by atoms with van der Waals surface area (Å²) in [6.45, 7) is 0.769. The van der Waals surface area contributed by atoms with E-state index in [1.54, 1.807) is 30.3 Å². The number of anilines is 1. The number of sulfonamides is 1. The number of thiophene rings is 1. The quantitative estimate of drug-likeness (QED) is 0.699. The molecule has 2 aromatic rings. The molecule has 5 nitrogen and oxygen atoms in total. The van der Waals surface area contributed by atoms with E-state index in [0.717, 1.165) is 3.79 Å². The van der Waals surface area contributed by atoms with Crippen molar-refractivity contribution in [3.63, 3.8) is 0 Å². The zero-order chi connectivity index (χ0) is 15.5. The van der Waals surface area contributed by atoms with Crippen LogP contribution < -0.4 is 15.2 Å². The van der Waals surface area contributed by atoms with E-state index in [2.05, 4.69) is 36.6 Å². The van der Waals surface area contributed by atoms with Crippen molar-refractivity contribution >= 4 is 58.9 Å². The lowest BCUT2D eigenvalue weighted by molar-refractivity contribution is 0.328. The monoisotopic (exact) mass is 454 g/mol. The van der Waals surface area contributed by atoms with Gasteiger partial charge in [0.2, 0.25) is 0 Å². The van der Waals surface area contributed by atoms with Gasteiger partial charge in [-0.05, 0) is 50.1 Å². The van der Waals surface area contributed by atoms with Crippen LogP contribution in [-0.2, 0) is 10.0 Å². The van der Waals surface area contributed by atoms with Gasteiger partial charge in [0.25, 0.3) is 10.0 Å². The first-order valence-corrected chi connectivity index (χ1v) is 9.71.